The molecule has 0 aliphatic heterocycles. The van der Waals surface area contributed by atoms with Gasteiger partial charge in [0, 0.05) is 0 Å². The number of hydrogen-bond donors (Lipinski definition) is 0. The summed E-state index contributed by atoms with van der Waals surface area (Å²) in [6.07, 6.45) is 0. The number of methoxy groups -OCH3 is 1. The predicted octanol–water partition coefficient (Wildman–Crippen LogP) is 1.24. The molecule has 0 saturated carbocycles. The summed E-state index contributed by atoms with van der Waals surface area (Å²) < 4.78 is 4.62. The van der Waals surface area contributed by atoms with Crippen molar-refractivity contribution in [2.45, 2.75) is 13.5 Å². The van der Waals surface area contributed by atoms with Crippen LogP contribution in [0.2, 0.25) is 0 Å². The van der Waals surface area contributed by atoms with Gasteiger partial charge in [-0.3, -0.25) is 0 Å². The SMILES string of the molecule is CCn1nc2ccc(C(=O)OC)cc2n1. The summed E-state index contributed by atoms with van der Waals surface area (Å²) >= 11 is 0. The molecule has 2 rings (SSSR count). The smallest absolute Gasteiger partial charge is 0.337 e. The van der Waals surface area contributed by atoms with Crippen LogP contribution in [-0.2, 0) is 11.3 Å². The van der Waals surface area contributed by atoms with E-state index in [1.807, 2.05) is 6.92 Å². The van der Waals surface area contributed by atoms with Gasteiger partial charge in [0.25, 0.3) is 0 Å². The van der Waals surface area contributed by atoms with Gasteiger partial charge in [0.05, 0.1) is 19.2 Å². The van der Waals surface area contributed by atoms with Gasteiger partial charge in [0.15, 0.2) is 0 Å². The van der Waals surface area contributed by atoms with E-state index in [0.717, 1.165) is 5.52 Å². The van der Waals surface area contributed by atoms with Crippen LogP contribution in [0.15, 0.2) is 18.2 Å². The maximum Gasteiger partial charge on any atom is 0.337 e. The maximum absolute atomic E-state index is 11.3. The molecule has 0 aliphatic carbocycles. The topological polar surface area (TPSA) is 57.0 Å². The molecule has 0 aliphatic rings. The van der Waals surface area contributed by atoms with Gasteiger partial charge in [-0.25, -0.2) is 4.79 Å². The average molecular weight is 205 g/mol. The number of fused-ring (bicyclic) bond motifs is 1. The Morgan fingerprint density at radius 3 is 2.80 bits per heavy atom. The third-order valence-corrected chi connectivity index (χ3v) is 2.13. The summed E-state index contributed by atoms with van der Waals surface area (Å²) in [7, 11) is 1.36. The first kappa shape index (κ1) is 9.64. The van der Waals surface area contributed by atoms with E-state index in [0.29, 0.717) is 17.6 Å². The number of nitrogens with zero attached hydrogens (tertiary/aromatic N) is 3. The number of esters is 1. The molecule has 0 unspecified atom stereocenters. The van der Waals surface area contributed by atoms with Crippen molar-refractivity contribution in [2.75, 3.05) is 7.11 Å². The van der Waals surface area contributed by atoms with Crippen LogP contribution in [-0.4, -0.2) is 28.1 Å². The second-order valence-electron chi connectivity index (χ2n) is 3.08. The normalized spacial score (nSPS) is 10.5. The van der Waals surface area contributed by atoms with Crippen LogP contribution in [0.3, 0.4) is 0 Å². The van der Waals surface area contributed by atoms with Crippen LogP contribution in [0.1, 0.15) is 17.3 Å². The van der Waals surface area contributed by atoms with Crippen molar-refractivity contribution < 1.29 is 9.53 Å². The van der Waals surface area contributed by atoms with Gasteiger partial charge in [0.1, 0.15) is 11.0 Å². The third-order valence-electron chi connectivity index (χ3n) is 2.13. The van der Waals surface area contributed by atoms with E-state index in [2.05, 4.69) is 14.9 Å². The lowest BCUT2D eigenvalue weighted by atomic mass is 10.2. The summed E-state index contributed by atoms with van der Waals surface area (Å²) in [6.45, 7) is 2.67. The van der Waals surface area contributed by atoms with Crippen LogP contribution >= 0.6 is 0 Å². The zero-order valence-electron chi connectivity index (χ0n) is 8.60. The summed E-state index contributed by atoms with van der Waals surface area (Å²) in [5, 5.41) is 8.42. The van der Waals surface area contributed by atoms with Gasteiger partial charge in [-0.15, -0.1) is 0 Å². The largest absolute Gasteiger partial charge is 0.465 e. The fraction of sp³-hybridized carbons (Fsp3) is 0.300. The first-order valence-electron chi connectivity index (χ1n) is 4.68. The van der Waals surface area contributed by atoms with E-state index in [9.17, 15) is 4.79 Å². The molecule has 0 fully saturated rings. The Hall–Kier alpha value is -1.91. The number of hydrogen-bond acceptors (Lipinski definition) is 4. The monoisotopic (exact) mass is 205 g/mol. The van der Waals surface area contributed by atoms with Crippen molar-refractivity contribution >= 4 is 17.0 Å². The van der Waals surface area contributed by atoms with E-state index in [1.165, 1.54) is 7.11 Å². The molecule has 78 valence electrons. The van der Waals surface area contributed by atoms with Crippen LogP contribution in [0.4, 0.5) is 0 Å². The van der Waals surface area contributed by atoms with Crippen LogP contribution < -0.4 is 0 Å². The van der Waals surface area contributed by atoms with Crippen molar-refractivity contribution in [2.24, 2.45) is 0 Å². The van der Waals surface area contributed by atoms with E-state index >= 15 is 0 Å². The Kier molecular flexibility index (Phi) is 2.37. The number of aromatic nitrogens is 3. The van der Waals surface area contributed by atoms with Crippen molar-refractivity contribution in [1.82, 2.24) is 15.0 Å². The minimum atomic E-state index is -0.358. The highest BCUT2D eigenvalue weighted by molar-refractivity contribution is 5.93. The first-order valence-corrected chi connectivity index (χ1v) is 4.68. The minimum absolute atomic E-state index is 0.358. The number of carbonyl (C=O) groups excluding carboxylic acids is 1. The summed E-state index contributed by atoms with van der Waals surface area (Å²) in [4.78, 5) is 12.8. The Bertz CT molecular complexity index is 504. The molecule has 0 saturated heterocycles. The number of carbonyl (C=O) groups is 1. The average Bonchev–Trinajstić information content (AvgIpc) is 2.69. The van der Waals surface area contributed by atoms with E-state index in [4.69, 9.17) is 0 Å². The quantitative estimate of drug-likeness (QED) is 0.692. The highest BCUT2D eigenvalue weighted by Crippen LogP contribution is 2.12. The highest BCUT2D eigenvalue weighted by Gasteiger charge is 2.08. The molecule has 5 heteroatoms. The zero-order chi connectivity index (χ0) is 10.8. The molecular weight excluding hydrogens is 194 g/mol. The molecular formula is C10H11N3O2. The number of aryl methyl sites for hydroxylation is 1. The summed E-state index contributed by atoms with van der Waals surface area (Å²) in [6, 6.07) is 5.13. The molecule has 5 nitrogen and oxygen atoms in total. The van der Waals surface area contributed by atoms with Crippen molar-refractivity contribution in [3.05, 3.63) is 23.8 Å². The van der Waals surface area contributed by atoms with Gasteiger partial charge in [0.2, 0.25) is 0 Å². The second kappa shape index (κ2) is 3.68. The molecule has 15 heavy (non-hydrogen) atoms. The Balaban J connectivity index is 2.50. The lowest BCUT2D eigenvalue weighted by Gasteiger charge is -1.96. The van der Waals surface area contributed by atoms with Crippen LogP contribution in [0.5, 0.6) is 0 Å². The fourth-order valence-electron chi connectivity index (χ4n) is 1.35. The standard InChI is InChI=1S/C10H11N3O2/c1-3-13-11-8-5-4-7(10(14)15-2)6-9(8)12-13/h4-6H,3H2,1-2H3. The second-order valence-corrected chi connectivity index (χ2v) is 3.08. The molecule has 0 bridgehead atoms. The third kappa shape index (κ3) is 1.68. The lowest BCUT2D eigenvalue weighted by Crippen LogP contribution is -2.00. The molecule has 0 amide bonds. The van der Waals surface area contributed by atoms with Gasteiger partial charge in [-0.2, -0.15) is 15.0 Å². The number of ether oxygens (including phenoxy) is 1. The molecule has 0 spiro atoms. The van der Waals surface area contributed by atoms with E-state index in [-0.39, 0.29) is 5.97 Å². The van der Waals surface area contributed by atoms with Crippen molar-refractivity contribution in [3.63, 3.8) is 0 Å². The van der Waals surface area contributed by atoms with Crippen LogP contribution in [0.25, 0.3) is 11.0 Å². The van der Waals surface area contributed by atoms with Crippen LogP contribution in [0, 0.1) is 0 Å². The first-order chi connectivity index (χ1) is 7.24. The fourth-order valence-corrected chi connectivity index (χ4v) is 1.35. The van der Waals surface area contributed by atoms with Gasteiger partial charge >= 0.3 is 5.97 Å². The van der Waals surface area contributed by atoms with Gasteiger partial charge in [-0.1, -0.05) is 0 Å². The molecule has 1 heterocycles. The van der Waals surface area contributed by atoms with E-state index < -0.39 is 0 Å². The highest BCUT2D eigenvalue weighted by atomic mass is 16.5. The van der Waals surface area contributed by atoms with Crippen molar-refractivity contribution in [3.8, 4) is 0 Å². The van der Waals surface area contributed by atoms with E-state index in [1.54, 1.807) is 23.0 Å². The zero-order valence-corrected chi connectivity index (χ0v) is 8.60. The minimum Gasteiger partial charge on any atom is -0.465 e. The number of rotatable bonds is 2. The van der Waals surface area contributed by atoms with Gasteiger partial charge in [-0.05, 0) is 25.1 Å². The molecule has 1 aromatic heterocycles. The molecule has 0 radical (unpaired) electrons. The summed E-state index contributed by atoms with van der Waals surface area (Å²) in [5.41, 5.74) is 1.98. The Labute approximate surface area is 86.6 Å². The summed E-state index contributed by atoms with van der Waals surface area (Å²) in [5.74, 6) is -0.358. The predicted molar refractivity (Wildman–Crippen MR) is 54.5 cm³/mol. The molecule has 1 aromatic carbocycles. The molecule has 0 N–H and O–H groups in total. The Morgan fingerprint density at radius 1 is 1.40 bits per heavy atom. The Morgan fingerprint density at radius 2 is 2.13 bits per heavy atom. The van der Waals surface area contributed by atoms with Crippen molar-refractivity contribution in [1.29, 1.82) is 0 Å². The molecule has 2 aromatic rings. The maximum atomic E-state index is 11.3. The lowest BCUT2D eigenvalue weighted by molar-refractivity contribution is 0.0601. The molecule has 0 atom stereocenters. The van der Waals surface area contributed by atoms with Gasteiger partial charge < -0.3 is 4.74 Å². The number of benzene rings is 1.